The van der Waals surface area contributed by atoms with Crippen molar-refractivity contribution in [3.05, 3.63) is 48.6 Å². The SMILES string of the molecule is CCCCCCCC/C=C\CCCCCCCCCCCC(=O)OCCCCCCCCCCC/C=C\C/C=C\CCCCCCCCCCCC(=O)NC(CO)C(O)/C=C/CCCCCCCCCCC. The van der Waals surface area contributed by atoms with Crippen molar-refractivity contribution in [2.75, 3.05) is 13.2 Å². The molecule has 0 saturated carbocycles. The van der Waals surface area contributed by atoms with Gasteiger partial charge >= 0.3 is 5.97 Å². The summed E-state index contributed by atoms with van der Waals surface area (Å²) in [5.41, 5.74) is 0. The predicted octanol–water partition coefficient (Wildman–Crippen LogP) is 20.1. The molecule has 6 nitrogen and oxygen atoms in total. The number of carbonyl (C=O) groups is 2. The minimum absolute atomic E-state index is 0.00785. The first-order valence-corrected chi connectivity index (χ1v) is 31.9. The third-order valence-corrected chi connectivity index (χ3v) is 14.6. The second kappa shape index (κ2) is 61.4. The quantitative estimate of drug-likeness (QED) is 0.0320. The van der Waals surface area contributed by atoms with E-state index in [1.54, 1.807) is 6.08 Å². The Bertz CT molecular complexity index is 1210. The number of unbranched alkanes of at least 4 members (excludes halogenated alkanes) is 42. The lowest BCUT2D eigenvalue weighted by molar-refractivity contribution is -0.143. The summed E-state index contributed by atoms with van der Waals surface area (Å²) in [5, 5.41) is 23.0. The van der Waals surface area contributed by atoms with Crippen LogP contribution in [0.5, 0.6) is 0 Å². The van der Waals surface area contributed by atoms with Crippen molar-refractivity contribution < 1.29 is 24.5 Å². The van der Waals surface area contributed by atoms with E-state index < -0.39 is 12.1 Å². The molecule has 0 saturated heterocycles. The molecule has 1 amide bonds. The highest BCUT2D eigenvalue weighted by molar-refractivity contribution is 5.76. The maximum atomic E-state index is 12.4. The van der Waals surface area contributed by atoms with Crippen LogP contribution >= 0.6 is 0 Å². The Balaban J connectivity index is 3.42. The molecular weight excluding hydrogens is 887 g/mol. The van der Waals surface area contributed by atoms with Crippen LogP contribution in [0.15, 0.2) is 48.6 Å². The molecule has 72 heavy (non-hydrogen) atoms. The average molecular weight is 1010 g/mol. The number of rotatable bonds is 59. The molecule has 3 N–H and O–H groups in total. The van der Waals surface area contributed by atoms with E-state index in [1.165, 1.54) is 257 Å². The molecule has 0 bridgehead atoms. The molecule has 0 aromatic carbocycles. The van der Waals surface area contributed by atoms with E-state index in [0.29, 0.717) is 19.4 Å². The summed E-state index contributed by atoms with van der Waals surface area (Å²) in [4.78, 5) is 24.5. The minimum atomic E-state index is -0.848. The number of allylic oxidation sites excluding steroid dienone is 7. The minimum Gasteiger partial charge on any atom is -0.466 e. The molecule has 422 valence electrons. The van der Waals surface area contributed by atoms with Gasteiger partial charge in [0.05, 0.1) is 25.4 Å². The third-order valence-electron chi connectivity index (χ3n) is 14.6. The number of hydrogen-bond acceptors (Lipinski definition) is 5. The first-order valence-electron chi connectivity index (χ1n) is 31.9. The van der Waals surface area contributed by atoms with Crippen molar-refractivity contribution in [3.63, 3.8) is 0 Å². The van der Waals surface area contributed by atoms with Crippen LogP contribution in [0.1, 0.15) is 335 Å². The second-order valence-corrected chi connectivity index (χ2v) is 21.7. The number of aliphatic hydroxyl groups is 2. The van der Waals surface area contributed by atoms with E-state index >= 15 is 0 Å². The summed E-state index contributed by atoms with van der Waals surface area (Å²) >= 11 is 0. The largest absolute Gasteiger partial charge is 0.466 e. The molecule has 0 radical (unpaired) electrons. The van der Waals surface area contributed by atoms with Crippen molar-refractivity contribution in [1.82, 2.24) is 5.32 Å². The van der Waals surface area contributed by atoms with Crippen molar-refractivity contribution in [3.8, 4) is 0 Å². The molecule has 0 aliphatic carbocycles. The molecule has 0 aliphatic heterocycles. The Hall–Kier alpha value is -2.18. The molecule has 0 heterocycles. The van der Waals surface area contributed by atoms with Crippen LogP contribution in [0.4, 0.5) is 0 Å². The first-order chi connectivity index (χ1) is 35.5. The van der Waals surface area contributed by atoms with Gasteiger partial charge in [0, 0.05) is 12.8 Å². The predicted molar refractivity (Wildman–Crippen MR) is 315 cm³/mol. The summed E-state index contributed by atoms with van der Waals surface area (Å²) in [7, 11) is 0. The van der Waals surface area contributed by atoms with E-state index in [9.17, 15) is 19.8 Å². The number of aliphatic hydroxyl groups excluding tert-OH is 2. The lowest BCUT2D eigenvalue weighted by atomic mass is 10.0. The number of amides is 1. The molecule has 0 fully saturated rings. The maximum absolute atomic E-state index is 12.4. The molecule has 2 unspecified atom stereocenters. The lowest BCUT2D eigenvalue weighted by Crippen LogP contribution is -2.45. The van der Waals surface area contributed by atoms with Crippen LogP contribution < -0.4 is 5.32 Å². The Morgan fingerprint density at radius 1 is 0.389 bits per heavy atom. The fourth-order valence-corrected chi connectivity index (χ4v) is 9.66. The maximum Gasteiger partial charge on any atom is 0.305 e. The standard InChI is InChI=1S/C66H123NO5/c1-3-5-7-9-11-13-15-16-17-18-26-30-33-36-40-44-48-52-56-60-66(71)72-61-57-53-49-45-41-37-34-31-28-25-23-21-19-20-22-24-27-29-32-35-39-43-47-51-55-59-65(70)67-63(62-68)64(69)58-54-50-46-42-38-14-12-10-8-6-4-2/h16-17,20-23,54,58,63-64,68-69H,3-15,18-19,24-53,55-57,59-62H2,1-2H3,(H,67,70)/b17-16-,22-20-,23-21-,58-54+. The normalized spacial score (nSPS) is 12.9. The van der Waals surface area contributed by atoms with Crippen LogP contribution in [0.3, 0.4) is 0 Å². The fourth-order valence-electron chi connectivity index (χ4n) is 9.66. The summed E-state index contributed by atoms with van der Waals surface area (Å²) in [6.07, 6.45) is 78.8. The van der Waals surface area contributed by atoms with Crippen LogP contribution in [0.2, 0.25) is 0 Å². The highest BCUT2D eigenvalue weighted by Crippen LogP contribution is 2.16. The summed E-state index contributed by atoms with van der Waals surface area (Å²) < 4.78 is 5.50. The van der Waals surface area contributed by atoms with Gasteiger partial charge < -0.3 is 20.3 Å². The molecule has 0 aliphatic rings. The molecule has 0 rings (SSSR count). The van der Waals surface area contributed by atoms with Crippen molar-refractivity contribution in [2.24, 2.45) is 0 Å². The highest BCUT2D eigenvalue weighted by Gasteiger charge is 2.18. The Labute approximate surface area is 448 Å². The van der Waals surface area contributed by atoms with E-state index in [4.69, 9.17) is 4.74 Å². The van der Waals surface area contributed by atoms with Crippen molar-refractivity contribution in [2.45, 2.75) is 347 Å². The van der Waals surface area contributed by atoms with Gasteiger partial charge in [-0.05, 0) is 89.9 Å². The van der Waals surface area contributed by atoms with Gasteiger partial charge in [-0.15, -0.1) is 0 Å². The summed E-state index contributed by atoms with van der Waals surface area (Å²) in [6, 6.07) is -0.632. The molecule has 0 aromatic heterocycles. The van der Waals surface area contributed by atoms with Gasteiger partial charge in [-0.1, -0.05) is 281 Å². The monoisotopic (exact) mass is 1010 g/mol. The number of carbonyl (C=O) groups excluding carboxylic acids is 2. The zero-order valence-electron chi connectivity index (χ0n) is 48.2. The second-order valence-electron chi connectivity index (χ2n) is 21.7. The zero-order chi connectivity index (χ0) is 52.2. The van der Waals surface area contributed by atoms with Gasteiger partial charge in [0.15, 0.2) is 0 Å². The van der Waals surface area contributed by atoms with Crippen molar-refractivity contribution >= 4 is 11.9 Å². The summed E-state index contributed by atoms with van der Waals surface area (Å²) in [5.74, 6) is -0.0676. The molecule has 0 aromatic rings. The smallest absolute Gasteiger partial charge is 0.305 e. The van der Waals surface area contributed by atoms with Crippen molar-refractivity contribution in [1.29, 1.82) is 0 Å². The first kappa shape index (κ1) is 69.8. The van der Waals surface area contributed by atoms with Gasteiger partial charge in [0.1, 0.15) is 0 Å². The third kappa shape index (κ3) is 57.1. The van der Waals surface area contributed by atoms with E-state index in [2.05, 4.69) is 55.6 Å². The Morgan fingerprint density at radius 2 is 0.694 bits per heavy atom. The van der Waals surface area contributed by atoms with E-state index in [-0.39, 0.29) is 18.5 Å². The fraction of sp³-hybridized carbons (Fsp3) is 0.848. The van der Waals surface area contributed by atoms with Gasteiger partial charge in [-0.2, -0.15) is 0 Å². The van der Waals surface area contributed by atoms with E-state index in [1.807, 2.05) is 6.08 Å². The van der Waals surface area contributed by atoms with Gasteiger partial charge in [-0.3, -0.25) is 9.59 Å². The molecule has 6 heteroatoms. The lowest BCUT2D eigenvalue weighted by Gasteiger charge is -2.20. The van der Waals surface area contributed by atoms with Crippen LogP contribution in [-0.4, -0.2) is 47.4 Å². The Kier molecular flexibility index (Phi) is 59.5. The Morgan fingerprint density at radius 3 is 1.07 bits per heavy atom. The number of hydrogen-bond donors (Lipinski definition) is 3. The van der Waals surface area contributed by atoms with Gasteiger partial charge in [0.25, 0.3) is 0 Å². The highest BCUT2D eigenvalue weighted by atomic mass is 16.5. The van der Waals surface area contributed by atoms with E-state index in [0.717, 1.165) is 51.4 Å². The average Bonchev–Trinajstić information content (AvgIpc) is 3.38. The van der Waals surface area contributed by atoms with Gasteiger partial charge in [0.2, 0.25) is 5.91 Å². The number of ether oxygens (including phenoxy) is 1. The van der Waals surface area contributed by atoms with Crippen LogP contribution in [0.25, 0.3) is 0 Å². The number of esters is 1. The van der Waals surface area contributed by atoms with Gasteiger partial charge in [-0.25, -0.2) is 0 Å². The zero-order valence-corrected chi connectivity index (χ0v) is 48.2. The molecule has 0 spiro atoms. The summed E-state index contributed by atoms with van der Waals surface area (Å²) in [6.45, 7) is 4.89. The molecular formula is C66H123NO5. The van der Waals surface area contributed by atoms with Crippen LogP contribution in [0, 0.1) is 0 Å². The number of nitrogens with one attached hydrogen (secondary N) is 1. The van der Waals surface area contributed by atoms with Crippen LogP contribution in [-0.2, 0) is 14.3 Å². The molecule has 2 atom stereocenters. The topological polar surface area (TPSA) is 95.9 Å².